The topological polar surface area (TPSA) is 99.0 Å². The van der Waals surface area contributed by atoms with Gasteiger partial charge in [0.1, 0.15) is 0 Å². The van der Waals surface area contributed by atoms with Gasteiger partial charge in [0.05, 0.1) is 24.2 Å². The highest BCUT2D eigenvalue weighted by molar-refractivity contribution is 5.95. The zero-order valence-corrected chi connectivity index (χ0v) is 26.5. The Balaban J connectivity index is 0.000000374. The average Bonchev–Trinajstić information content (AvgIpc) is 3.54. The van der Waals surface area contributed by atoms with Gasteiger partial charge in [0.25, 0.3) is 5.91 Å². The van der Waals surface area contributed by atoms with Gasteiger partial charge >= 0.3 is 0 Å². The standard InChI is InChI=1S/C28H35N5O3.C7H14O/c1-27(2)12-22(27)25(35)32-18-28(19-32)17-31(16-23(28)26(36)30-10-6-7-11-30)24(34)21-13-29-33(15-21)14-20-8-4-3-5-9-20;8-6-7-4-2-1-3-5-7/h3-5,8-9,13,15,22-23H,6-7,10-12,14,16-19H2,1-2H3;7-8H,1-6H2/t22-,23+;/m1./s1. The van der Waals surface area contributed by atoms with Gasteiger partial charge in [-0.2, -0.15) is 5.10 Å². The van der Waals surface area contributed by atoms with E-state index in [4.69, 9.17) is 5.11 Å². The molecule has 3 saturated heterocycles. The van der Waals surface area contributed by atoms with E-state index in [0.717, 1.165) is 37.9 Å². The normalized spacial score (nSPS) is 25.4. The first-order valence-corrected chi connectivity index (χ1v) is 16.7. The maximum Gasteiger partial charge on any atom is 0.257 e. The number of aromatic nitrogens is 2. The first kappa shape index (κ1) is 30.8. The molecule has 7 rings (SSSR count). The lowest BCUT2D eigenvalue weighted by atomic mass is 9.70. The number of amides is 3. The summed E-state index contributed by atoms with van der Waals surface area (Å²) in [6.45, 7) is 8.95. The van der Waals surface area contributed by atoms with Crippen molar-refractivity contribution >= 4 is 17.7 Å². The maximum atomic E-state index is 13.6. The SMILES string of the molecule is CC1(C)C[C@@H]1C(=O)N1CC2(CN(C(=O)c3cnn(Cc4ccccc4)c3)C[C@H]2C(=O)N2CCCC2)C1.OCC1CCCCC1. The first-order chi connectivity index (χ1) is 21.2. The van der Waals surface area contributed by atoms with E-state index in [1.807, 2.05) is 45.0 Å². The third-order valence-electron chi connectivity index (χ3n) is 10.8. The molecule has 2 atom stereocenters. The third kappa shape index (κ3) is 6.44. The quantitative estimate of drug-likeness (QED) is 0.537. The fourth-order valence-corrected chi connectivity index (χ4v) is 7.80. The number of rotatable bonds is 6. The monoisotopic (exact) mass is 603 g/mol. The lowest BCUT2D eigenvalue weighted by Crippen LogP contribution is -2.64. The van der Waals surface area contributed by atoms with Gasteiger partial charge in [-0.15, -0.1) is 0 Å². The second-order valence-corrected chi connectivity index (χ2v) is 14.7. The Hall–Kier alpha value is -3.20. The molecule has 238 valence electrons. The molecule has 9 nitrogen and oxygen atoms in total. The van der Waals surface area contributed by atoms with Crippen molar-refractivity contribution in [2.24, 2.45) is 28.6 Å². The molecule has 1 aromatic heterocycles. The molecule has 1 spiro atoms. The molecular weight excluding hydrogens is 554 g/mol. The molecule has 2 aliphatic carbocycles. The zero-order chi connectivity index (χ0) is 30.9. The Morgan fingerprint density at radius 3 is 2.11 bits per heavy atom. The van der Waals surface area contributed by atoms with Crippen LogP contribution in [-0.4, -0.2) is 93.2 Å². The molecule has 1 aromatic carbocycles. The van der Waals surface area contributed by atoms with Crippen LogP contribution in [0.15, 0.2) is 42.7 Å². The van der Waals surface area contributed by atoms with Crippen LogP contribution >= 0.6 is 0 Å². The molecule has 3 amide bonds. The van der Waals surface area contributed by atoms with Gasteiger partial charge < -0.3 is 19.8 Å². The summed E-state index contributed by atoms with van der Waals surface area (Å²) in [5, 5.41) is 13.1. The number of benzene rings is 1. The number of aliphatic hydroxyl groups is 1. The zero-order valence-electron chi connectivity index (χ0n) is 26.5. The Kier molecular flexibility index (Phi) is 8.86. The average molecular weight is 604 g/mol. The molecule has 9 heteroatoms. The molecule has 2 aromatic rings. The van der Waals surface area contributed by atoms with Gasteiger partial charge in [0.15, 0.2) is 0 Å². The minimum Gasteiger partial charge on any atom is -0.396 e. The van der Waals surface area contributed by atoms with Crippen molar-refractivity contribution in [3.05, 3.63) is 53.9 Å². The van der Waals surface area contributed by atoms with Gasteiger partial charge in [-0.05, 0) is 49.0 Å². The molecule has 0 bridgehead atoms. The molecule has 2 saturated carbocycles. The van der Waals surface area contributed by atoms with E-state index in [-0.39, 0.29) is 40.4 Å². The van der Waals surface area contributed by atoms with E-state index in [1.165, 1.54) is 32.1 Å². The predicted molar refractivity (Wildman–Crippen MR) is 168 cm³/mol. The molecular formula is C35H49N5O4. The minimum atomic E-state index is -0.343. The second-order valence-electron chi connectivity index (χ2n) is 14.7. The molecule has 3 aliphatic heterocycles. The lowest BCUT2D eigenvalue weighted by Gasteiger charge is -2.51. The van der Waals surface area contributed by atoms with Crippen molar-refractivity contribution < 1.29 is 19.5 Å². The molecule has 44 heavy (non-hydrogen) atoms. The van der Waals surface area contributed by atoms with Gasteiger partial charge in [-0.3, -0.25) is 19.1 Å². The van der Waals surface area contributed by atoms with Crippen LogP contribution in [0.5, 0.6) is 0 Å². The van der Waals surface area contributed by atoms with Crippen LogP contribution in [0, 0.1) is 28.6 Å². The van der Waals surface area contributed by atoms with Crippen LogP contribution in [0.1, 0.15) is 81.1 Å². The number of carbonyl (C=O) groups is 3. The number of aliphatic hydroxyl groups excluding tert-OH is 1. The minimum absolute atomic E-state index is 0.0847. The van der Waals surface area contributed by atoms with E-state index in [1.54, 1.807) is 17.1 Å². The summed E-state index contributed by atoms with van der Waals surface area (Å²) in [5.74, 6) is 0.765. The van der Waals surface area contributed by atoms with E-state index in [0.29, 0.717) is 50.8 Å². The largest absolute Gasteiger partial charge is 0.396 e. The molecule has 5 fully saturated rings. The number of likely N-dealkylation sites (tertiary alicyclic amines) is 3. The van der Waals surface area contributed by atoms with Crippen molar-refractivity contribution in [1.82, 2.24) is 24.5 Å². The van der Waals surface area contributed by atoms with Gasteiger partial charge in [-0.25, -0.2) is 0 Å². The number of carbonyl (C=O) groups excluding carboxylic acids is 3. The summed E-state index contributed by atoms with van der Waals surface area (Å²) in [4.78, 5) is 45.8. The van der Waals surface area contributed by atoms with Crippen molar-refractivity contribution in [3.8, 4) is 0 Å². The Morgan fingerprint density at radius 1 is 0.864 bits per heavy atom. The highest BCUT2D eigenvalue weighted by Gasteiger charge is 2.62. The fourth-order valence-electron chi connectivity index (χ4n) is 7.80. The number of hydrogen-bond donors (Lipinski definition) is 1. The van der Waals surface area contributed by atoms with E-state index in [2.05, 4.69) is 18.9 Å². The summed E-state index contributed by atoms with van der Waals surface area (Å²) in [6.07, 6.45) is 13.0. The molecule has 4 heterocycles. The van der Waals surface area contributed by atoms with Crippen LogP contribution in [0.2, 0.25) is 0 Å². The molecule has 5 aliphatic rings. The fraction of sp³-hybridized carbons (Fsp3) is 0.657. The van der Waals surface area contributed by atoms with E-state index >= 15 is 0 Å². The summed E-state index contributed by atoms with van der Waals surface area (Å²) in [7, 11) is 0. The summed E-state index contributed by atoms with van der Waals surface area (Å²) < 4.78 is 1.78. The molecule has 0 unspecified atom stereocenters. The molecule has 1 N–H and O–H groups in total. The Labute approximate surface area is 261 Å². The second kappa shape index (κ2) is 12.7. The van der Waals surface area contributed by atoms with E-state index in [9.17, 15) is 14.4 Å². The van der Waals surface area contributed by atoms with Crippen molar-refractivity contribution in [2.45, 2.75) is 71.8 Å². The maximum absolute atomic E-state index is 13.6. The smallest absolute Gasteiger partial charge is 0.257 e. The van der Waals surface area contributed by atoms with E-state index < -0.39 is 0 Å². The highest BCUT2D eigenvalue weighted by atomic mass is 16.3. The third-order valence-corrected chi connectivity index (χ3v) is 10.8. The van der Waals surface area contributed by atoms with Gasteiger partial charge in [-0.1, -0.05) is 63.4 Å². The van der Waals surface area contributed by atoms with Crippen LogP contribution in [0.3, 0.4) is 0 Å². The van der Waals surface area contributed by atoms with Crippen LogP contribution in [-0.2, 0) is 16.1 Å². The number of nitrogens with zero attached hydrogens (tertiary/aromatic N) is 5. The summed E-state index contributed by atoms with van der Waals surface area (Å²) in [5.41, 5.74) is 1.41. The molecule has 0 radical (unpaired) electrons. The first-order valence-electron chi connectivity index (χ1n) is 16.7. The number of hydrogen-bond acceptors (Lipinski definition) is 5. The lowest BCUT2D eigenvalue weighted by molar-refractivity contribution is -0.154. The van der Waals surface area contributed by atoms with Gasteiger partial charge in [0, 0.05) is 63.4 Å². The van der Waals surface area contributed by atoms with Crippen LogP contribution in [0.25, 0.3) is 0 Å². The summed E-state index contributed by atoms with van der Waals surface area (Å²) >= 11 is 0. The highest BCUT2D eigenvalue weighted by Crippen LogP contribution is 2.55. The predicted octanol–water partition coefficient (Wildman–Crippen LogP) is 4.06. The van der Waals surface area contributed by atoms with Crippen molar-refractivity contribution in [2.75, 3.05) is 45.9 Å². The van der Waals surface area contributed by atoms with Crippen LogP contribution in [0.4, 0.5) is 0 Å². The Morgan fingerprint density at radius 2 is 1.50 bits per heavy atom. The summed E-state index contributed by atoms with van der Waals surface area (Å²) in [6, 6.07) is 10.0. The van der Waals surface area contributed by atoms with Gasteiger partial charge in [0.2, 0.25) is 11.8 Å². The van der Waals surface area contributed by atoms with Crippen molar-refractivity contribution in [3.63, 3.8) is 0 Å². The Bertz CT molecular complexity index is 1320. The van der Waals surface area contributed by atoms with Crippen LogP contribution < -0.4 is 0 Å². The van der Waals surface area contributed by atoms with Crippen molar-refractivity contribution in [1.29, 1.82) is 0 Å².